The molecule has 76 valence electrons. The molecule has 2 N–H and O–H groups in total. The molecule has 0 aromatic heterocycles. The molecular formula is C9H10O4S. The smallest absolute Gasteiger partial charge is 0.295 e. The molecule has 1 aromatic carbocycles. The highest BCUT2D eigenvalue weighted by molar-refractivity contribution is 7.86. The SMILES string of the molecule is O=S(=O)(O)[C@H](O)/C=C/c1ccccc1. The summed E-state index contributed by atoms with van der Waals surface area (Å²) in [4.78, 5) is 0. The third-order valence-electron chi connectivity index (χ3n) is 1.56. The molecule has 0 aliphatic carbocycles. The van der Waals surface area contributed by atoms with Gasteiger partial charge in [0.1, 0.15) is 0 Å². The summed E-state index contributed by atoms with van der Waals surface area (Å²) < 4.78 is 29.2. The molecular weight excluding hydrogens is 204 g/mol. The molecule has 0 aliphatic rings. The summed E-state index contributed by atoms with van der Waals surface area (Å²) in [5, 5.41) is 8.92. The second kappa shape index (κ2) is 4.36. The van der Waals surface area contributed by atoms with E-state index in [0.717, 1.165) is 11.6 Å². The predicted octanol–water partition coefficient (Wildman–Crippen LogP) is 0.906. The summed E-state index contributed by atoms with van der Waals surface area (Å²) in [5.41, 5.74) is -1.13. The quantitative estimate of drug-likeness (QED) is 0.733. The lowest BCUT2D eigenvalue weighted by atomic mass is 10.2. The molecule has 1 aromatic rings. The highest BCUT2D eigenvalue weighted by Crippen LogP contribution is 2.04. The van der Waals surface area contributed by atoms with Gasteiger partial charge in [0.2, 0.25) is 0 Å². The van der Waals surface area contributed by atoms with Crippen molar-refractivity contribution in [2.24, 2.45) is 0 Å². The number of rotatable bonds is 3. The lowest BCUT2D eigenvalue weighted by Crippen LogP contribution is -2.16. The van der Waals surface area contributed by atoms with Crippen LogP contribution in [0.5, 0.6) is 0 Å². The maximum absolute atomic E-state index is 10.4. The summed E-state index contributed by atoms with van der Waals surface area (Å²) in [6, 6.07) is 8.86. The first-order valence-electron chi connectivity index (χ1n) is 3.88. The third-order valence-corrected chi connectivity index (χ3v) is 2.33. The van der Waals surface area contributed by atoms with Gasteiger partial charge in [0.25, 0.3) is 10.1 Å². The summed E-state index contributed by atoms with van der Waals surface area (Å²) in [6.07, 6.45) is 2.42. The summed E-state index contributed by atoms with van der Waals surface area (Å²) in [7, 11) is -4.40. The van der Waals surface area contributed by atoms with E-state index in [0.29, 0.717) is 0 Å². The van der Waals surface area contributed by atoms with E-state index >= 15 is 0 Å². The van der Waals surface area contributed by atoms with E-state index in [9.17, 15) is 8.42 Å². The molecule has 14 heavy (non-hydrogen) atoms. The number of benzene rings is 1. The fraction of sp³-hybridized carbons (Fsp3) is 0.111. The van der Waals surface area contributed by atoms with E-state index in [2.05, 4.69) is 0 Å². The van der Waals surface area contributed by atoms with E-state index in [-0.39, 0.29) is 0 Å². The molecule has 0 bridgehead atoms. The Morgan fingerprint density at radius 2 is 1.79 bits per heavy atom. The lowest BCUT2D eigenvalue weighted by molar-refractivity contribution is 0.276. The number of aliphatic hydroxyl groups is 1. The summed E-state index contributed by atoms with van der Waals surface area (Å²) >= 11 is 0. The fourth-order valence-corrected chi connectivity index (χ4v) is 1.13. The van der Waals surface area contributed by atoms with Crippen LogP contribution in [-0.2, 0) is 10.1 Å². The van der Waals surface area contributed by atoms with Crippen molar-refractivity contribution in [3.8, 4) is 0 Å². The van der Waals surface area contributed by atoms with Crippen molar-refractivity contribution in [3.05, 3.63) is 42.0 Å². The van der Waals surface area contributed by atoms with E-state index in [1.807, 2.05) is 6.07 Å². The molecule has 0 fully saturated rings. The van der Waals surface area contributed by atoms with Crippen LogP contribution in [-0.4, -0.2) is 23.5 Å². The van der Waals surface area contributed by atoms with Gasteiger partial charge in [0, 0.05) is 0 Å². The average Bonchev–Trinajstić information content (AvgIpc) is 2.14. The van der Waals surface area contributed by atoms with Gasteiger partial charge in [-0.05, 0) is 11.6 Å². The Balaban J connectivity index is 2.75. The maximum atomic E-state index is 10.4. The van der Waals surface area contributed by atoms with Gasteiger partial charge in [-0.2, -0.15) is 8.42 Å². The van der Waals surface area contributed by atoms with Gasteiger partial charge in [0.15, 0.2) is 5.44 Å². The highest BCUT2D eigenvalue weighted by atomic mass is 32.2. The minimum Gasteiger partial charge on any atom is -0.372 e. The van der Waals surface area contributed by atoms with Crippen LogP contribution in [0.15, 0.2) is 36.4 Å². The van der Waals surface area contributed by atoms with Crippen molar-refractivity contribution in [1.29, 1.82) is 0 Å². The van der Waals surface area contributed by atoms with Crippen molar-refractivity contribution in [2.45, 2.75) is 5.44 Å². The van der Waals surface area contributed by atoms with Crippen molar-refractivity contribution in [2.75, 3.05) is 0 Å². The van der Waals surface area contributed by atoms with Crippen LogP contribution in [0.4, 0.5) is 0 Å². The molecule has 5 heteroatoms. The Labute approximate surface area is 82.3 Å². The van der Waals surface area contributed by atoms with Crippen molar-refractivity contribution < 1.29 is 18.1 Å². The van der Waals surface area contributed by atoms with Gasteiger partial charge in [-0.25, -0.2) is 0 Å². The largest absolute Gasteiger partial charge is 0.372 e. The molecule has 4 nitrogen and oxygen atoms in total. The molecule has 0 amide bonds. The van der Waals surface area contributed by atoms with Crippen LogP contribution in [0.25, 0.3) is 6.08 Å². The van der Waals surface area contributed by atoms with Gasteiger partial charge in [-0.15, -0.1) is 0 Å². The highest BCUT2D eigenvalue weighted by Gasteiger charge is 2.14. The van der Waals surface area contributed by atoms with Crippen LogP contribution in [0, 0.1) is 0 Å². The van der Waals surface area contributed by atoms with Crippen LogP contribution in [0.2, 0.25) is 0 Å². The summed E-state index contributed by atoms with van der Waals surface area (Å²) in [6.45, 7) is 0. The standard InChI is InChI=1S/C9H10O4S/c10-9(14(11,12)13)7-6-8-4-2-1-3-5-8/h1-7,9-10H,(H,11,12,13)/b7-6+/t9-/m0/s1. The van der Waals surface area contributed by atoms with Crippen molar-refractivity contribution >= 4 is 16.2 Å². The normalized spacial score (nSPS) is 14.4. The third kappa shape index (κ3) is 3.29. The number of aliphatic hydroxyl groups excluding tert-OH is 1. The van der Waals surface area contributed by atoms with Gasteiger partial charge < -0.3 is 5.11 Å². The molecule has 1 atom stereocenters. The van der Waals surface area contributed by atoms with E-state index in [4.69, 9.17) is 9.66 Å². The first-order chi connectivity index (χ1) is 6.50. The maximum Gasteiger partial charge on any atom is 0.295 e. The Hall–Kier alpha value is -1.17. The van der Waals surface area contributed by atoms with Crippen LogP contribution >= 0.6 is 0 Å². The molecule has 0 heterocycles. The first kappa shape index (κ1) is 10.9. The van der Waals surface area contributed by atoms with Crippen LogP contribution < -0.4 is 0 Å². The molecule has 0 radical (unpaired) electrons. The molecule has 1 rings (SSSR count). The summed E-state index contributed by atoms with van der Waals surface area (Å²) in [5.74, 6) is 0. The monoisotopic (exact) mass is 214 g/mol. The fourth-order valence-electron chi connectivity index (χ4n) is 0.857. The Kier molecular flexibility index (Phi) is 3.40. The zero-order chi connectivity index (χ0) is 10.6. The van der Waals surface area contributed by atoms with Gasteiger partial charge in [0.05, 0.1) is 0 Å². The average molecular weight is 214 g/mol. The van der Waals surface area contributed by atoms with Gasteiger partial charge >= 0.3 is 0 Å². The number of hydrogen-bond acceptors (Lipinski definition) is 3. The molecule has 0 unspecified atom stereocenters. The van der Waals surface area contributed by atoms with E-state index in [1.165, 1.54) is 6.08 Å². The van der Waals surface area contributed by atoms with Crippen LogP contribution in [0.1, 0.15) is 5.56 Å². The number of hydrogen-bond donors (Lipinski definition) is 2. The molecule has 0 saturated heterocycles. The van der Waals surface area contributed by atoms with Gasteiger partial charge in [-0.1, -0.05) is 36.4 Å². The lowest BCUT2D eigenvalue weighted by Gasteiger charge is -1.99. The van der Waals surface area contributed by atoms with Crippen molar-refractivity contribution in [1.82, 2.24) is 0 Å². The molecule has 0 saturated carbocycles. The molecule has 0 spiro atoms. The van der Waals surface area contributed by atoms with Gasteiger partial charge in [-0.3, -0.25) is 4.55 Å². The zero-order valence-electron chi connectivity index (χ0n) is 7.24. The van der Waals surface area contributed by atoms with Crippen molar-refractivity contribution in [3.63, 3.8) is 0 Å². The molecule has 0 aliphatic heterocycles. The predicted molar refractivity (Wildman–Crippen MR) is 53.0 cm³/mol. The minimum atomic E-state index is -4.40. The zero-order valence-corrected chi connectivity index (χ0v) is 8.05. The Morgan fingerprint density at radius 1 is 1.21 bits per heavy atom. The Bertz CT molecular complexity index is 408. The Morgan fingerprint density at radius 3 is 2.29 bits per heavy atom. The topological polar surface area (TPSA) is 74.6 Å². The minimum absolute atomic E-state index is 0.746. The van der Waals surface area contributed by atoms with E-state index < -0.39 is 15.6 Å². The first-order valence-corrected chi connectivity index (χ1v) is 5.38. The second-order valence-electron chi connectivity index (χ2n) is 2.68. The second-order valence-corrected chi connectivity index (χ2v) is 4.19. The van der Waals surface area contributed by atoms with E-state index in [1.54, 1.807) is 24.3 Å². The van der Waals surface area contributed by atoms with Crippen LogP contribution in [0.3, 0.4) is 0 Å².